The van der Waals surface area contributed by atoms with Crippen LogP contribution in [0.2, 0.25) is 0 Å². The Hall–Kier alpha value is -8.34. The van der Waals surface area contributed by atoms with E-state index in [9.17, 15) is 0 Å². The zero-order chi connectivity index (χ0) is 45.9. The monoisotopic (exact) mass is 923 g/mol. The van der Waals surface area contributed by atoms with Crippen LogP contribution in [0.1, 0.15) is 22.3 Å². The van der Waals surface area contributed by atoms with Crippen molar-refractivity contribution in [2.24, 2.45) is 0 Å². The average Bonchev–Trinajstić information content (AvgIpc) is 4.17. The second-order valence-corrected chi connectivity index (χ2v) is 20.8. The zero-order valence-corrected chi connectivity index (χ0v) is 39.6. The largest absolute Gasteiger partial charge is 0.310 e. The van der Waals surface area contributed by atoms with Crippen molar-refractivity contribution in [1.82, 2.24) is 0 Å². The van der Waals surface area contributed by atoms with Crippen LogP contribution in [0.4, 0.5) is 17.1 Å². The number of nitrogens with zero attached hydrogens (tertiary/aromatic N) is 1. The van der Waals surface area contributed by atoms with Crippen molar-refractivity contribution >= 4 is 80.1 Å². The first-order valence-electron chi connectivity index (χ1n) is 24.1. The van der Waals surface area contributed by atoms with Gasteiger partial charge in [0.2, 0.25) is 0 Å². The van der Waals surface area contributed by atoms with Crippen LogP contribution in [0.25, 0.3) is 96.0 Å². The van der Waals surface area contributed by atoms with E-state index < -0.39 is 5.41 Å². The molecule has 13 aromatic rings. The molecule has 0 saturated heterocycles. The summed E-state index contributed by atoms with van der Waals surface area (Å²) in [5, 5.41) is 5.25. The predicted molar refractivity (Wildman–Crippen MR) is 300 cm³/mol. The van der Waals surface area contributed by atoms with Gasteiger partial charge in [0.1, 0.15) is 0 Å². The number of hydrogen-bond acceptors (Lipinski definition) is 3. The molecule has 0 saturated carbocycles. The van der Waals surface area contributed by atoms with E-state index in [2.05, 4.69) is 254 Å². The summed E-state index contributed by atoms with van der Waals surface area (Å²) in [4.78, 5) is 2.43. The Balaban J connectivity index is 0.901. The fourth-order valence-corrected chi connectivity index (χ4v) is 14.6. The number of anilines is 3. The number of hydrogen-bond donors (Lipinski definition) is 0. The molecule has 0 aliphatic heterocycles. The summed E-state index contributed by atoms with van der Waals surface area (Å²) in [6.07, 6.45) is 0. The molecule has 2 aliphatic carbocycles. The molecule has 0 N–H and O–H groups in total. The molecule has 2 aliphatic rings. The smallest absolute Gasteiger partial charge is 0.0726 e. The van der Waals surface area contributed by atoms with E-state index in [1.165, 1.54) is 118 Å². The third-order valence-electron chi connectivity index (χ3n) is 15.1. The Morgan fingerprint density at radius 3 is 1.23 bits per heavy atom. The molecule has 1 spiro atoms. The highest BCUT2D eigenvalue weighted by Gasteiger charge is 2.51. The van der Waals surface area contributed by atoms with Crippen LogP contribution >= 0.6 is 22.7 Å². The molecule has 15 rings (SSSR count). The quantitative estimate of drug-likeness (QED) is 0.161. The predicted octanol–water partition coefficient (Wildman–Crippen LogP) is 19.2. The van der Waals surface area contributed by atoms with Crippen LogP contribution < -0.4 is 4.90 Å². The van der Waals surface area contributed by atoms with Crippen molar-refractivity contribution in [3.8, 4) is 55.6 Å². The molecule has 0 atom stereocenters. The number of fused-ring (bicyclic) bond motifs is 16. The van der Waals surface area contributed by atoms with Crippen molar-refractivity contribution in [1.29, 1.82) is 0 Å². The van der Waals surface area contributed by atoms with E-state index in [0.29, 0.717) is 0 Å². The highest BCUT2D eigenvalue weighted by molar-refractivity contribution is 7.26. The van der Waals surface area contributed by atoms with E-state index in [4.69, 9.17) is 0 Å². The van der Waals surface area contributed by atoms with Crippen LogP contribution in [0.5, 0.6) is 0 Å². The molecule has 2 aromatic heterocycles. The zero-order valence-electron chi connectivity index (χ0n) is 37.9. The minimum atomic E-state index is -0.426. The Bertz CT molecular complexity index is 4050. The van der Waals surface area contributed by atoms with Crippen LogP contribution in [-0.4, -0.2) is 0 Å². The van der Waals surface area contributed by atoms with Crippen molar-refractivity contribution in [3.63, 3.8) is 0 Å². The standard InChI is InChI=1S/C67H41NS2/c1-2-16-46(17-3-1)68(48-36-37-54-53-20-6-11-29-61(53)67(62(54)41-48)59-27-9-4-18-51(59)52-19-5-10-28-60(52)67)47-34-32-42(33-35-47)43-38-44(49-23-14-25-57-55-21-7-12-30-63(55)69-65(49)57)40-45(39-43)50-24-15-26-58-56-22-8-13-31-64(56)70-66(50)58/h1-41H. The summed E-state index contributed by atoms with van der Waals surface area (Å²) in [6.45, 7) is 0. The lowest BCUT2D eigenvalue weighted by Gasteiger charge is -2.32. The van der Waals surface area contributed by atoms with Gasteiger partial charge in [0.15, 0.2) is 0 Å². The maximum Gasteiger partial charge on any atom is 0.0726 e. The van der Waals surface area contributed by atoms with Gasteiger partial charge < -0.3 is 4.90 Å². The lowest BCUT2D eigenvalue weighted by Crippen LogP contribution is -2.26. The van der Waals surface area contributed by atoms with Gasteiger partial charge in [-0.25, -0.2) is 0 Å². The molecule has 0 amide bonds. The summed E-state index contributed by atoms with van der Waals surface area (Å²) < 4.78 is 5.28. The molecular weight excluding hydrogens is 883 g/mol. The molecule has 326 valence electrons. The van der Waals surface area contributed by atoms with Gasteiger partial charge in [0.25, 0.3) is 0 Å². The summed E-state index contributed by atoms with van der Waals surface area (Å²) in [5.74, 6) is 0. The van der Waals surface area contributed by atoms with E-state index in [-0.39, 0.29) is 0 Å². The Kier molecular flexibility index (Phi) is 8.68. The SMILES string of the molecule is c1ccc(N(c2ccc(-c3cc(-c4cccc5c4sc4ccccc45)cc(-c4cccc5c4sc4ccccc45)c3)cc2)c2ccc3c(c2)C2(c4ccccc4-c4ccccc42)c2ccccc2-3)cc1. The van der Waals surface area contributed by atoms with Crippen molar-refractivity contribution in [2.45, 2.75) is 5.41 Å². The highest BCUT2D eigenvalue weighted by atomic mass is 32.1. The van der Waals surface area contributed by atoms with Gasteiger partial charge in [0, 0.05) is 57.4 Å². The number of benzene rings is 11. The van der Waals surface area contributed by atoms with Gasteiger partial charge in [-0.1, -0.05) is 182 Å². The Labute approximate surface area is 414 Å². The van der Waals surface area contributed by atoms with Crippen molar-refractivity contribution in [2.75, 3.05) is 4.90 Å². The van der Waals surface area contributed by atoms with Gasteiger partial charge in [-0.15, -0.1) is 22.7 Å². The van der Waals surface area contributed by atoms with E-state index in [1.807, 2.05) is 22.7 Å². The summed E-state index contributed by atoms with van der Waals surface area (Å²) in [5.41, 5.74) is 20.9. The second kappa shape index (κ2) is 15.3. The summed E-state index contributed by atoms with van der Waals surface area (Å²) >= 11 is 3.79. The van der Waals surface area contributed by atoms with Crippen LogP contribution in [-0.2, 0) is 5.41 Å². The van der Waals surface area contributed by atoms with Gasteiger partial charge in [0.05, 0.1) is 5.41 Å². The molecule has 0 unspecified atom stereocenters. The molecule has 0 fully saturated rings. The first-order valence-corrected chi connectivity index (χ1v) is 25.7. The molecule has 11 aromatic carbocycles. The Morgan fingerprint density at radius 2 is 0.671 bits per heavy atom. The van der Waals surface area contributed by atoms with E-state index in [0.717, 1.165) is 17.1 Å². The summed E-state index contributed by atoms with van der Waals surface area (Å²) in [7, 11) is 0. The van der Waals surface area contributed by atoms with Crippen molar-refractivity contribution < 1.29 is 0 Å². The lowest BCUT2D eigenvalue weighted by molar-refractivity contribution is 0.793. The number of para-hydroxylation sites is 1. The first-order chi connectivity index (χ1) is 34.7. The van der Waals surface area contributed by atoms with Gasteiger partial charge in [-0.05, 0) is 145 Å². The third kappa shape index (κ3) is 5.71. The third-order valence-corrected chi connectivity index (χ3v) is 17.5. The second-order valence-electron chi connectivity index (χ2n) is 18.7. The average molecular weight is 924 g/mol. The van der Waals surface area contributed by atoms with E-state index >= 15 is 0 Å². The fourth-order valence-electron chi connectivity index (χ4n) is 12.1. The van der Waals surface area contributed by atoms with Gasteiger partial charge >= 0.3 is 0 Å². The number of rotatable bonds is 6. The molecular formula is C67H41NS2. The highest BCUT2D eigenvalue weighted by Crippen LogP contribution is 2.63. The summed E-state index contributed by atoms with van der Waals surface area (Å²) in [6, 6.07) is 93.0. The maximum atomic E-state index is 2.48. The van der Waals surface area contributed by atoms with Crippen LogP contribution in [0.3, 0.4) is 0 Å². The van der Waals surface area contributed by atoms with Gasteiger partial charge in [-0.2, -0.15) is 0 Å². The van der Waals surface area contributed by atoms with Gasteiger partial charge in [-0.3, -0.25) is 0 Å². The molecule has 0 bridgehead atoms. The number of thiophene rings is 2. The minimum Gasteiger partial charge on any atom is -0.310 e. The molecule has 3 heteroatoms. The maximum absolute atomic E-state index is 2.48. The fraction of sp³-hybridized carbons (Fsp3) is 0.0149. The van der Waals surface area contributed by atoms with Crippen LogP contribution in [0, 0.1) is 0 Å². The Morgan fingerprint density at radius 1 is 0.257 bits per heavy atom. The minimum absolute atomic E-state index is 0.426. The van der Waals surface area contributed by atoms with Crippen molar-refractivity contribution in [3.05, 3.63) is 271 Å². The molecule has 70 heavy (non-hydrogen) atoms. The molecule has 2 heterocycles. The van der Waals surface area contributed by atoms with E-state index in [1.54, 1.807) is 0 Å². The normalized spacial score (nSPS) is 13.0. The van der Waals surface area contributed by atoms with Crippen LogP contribution in [0.15, 0.2) is 249 Å². The lowest BCUT2D eigenvalue weighted by atomic mass is 9.70. The topological polar surface area (TPSA) is 3.24 Å². The molecule has 1 nitrogen and oxygen atoms in total. The first kappa shape index (κ1) is 39.6. The molecule has 0 radical (unpaired) electrons.